The molecule has 1 N–H and O–H groups in total. The topological polar surface area (TPSA) is 80.2 Å². The van der Waals surface area contributed by atoms with Gasteiger partial charge in [0.25, 0.3) is 5.91 Å². The Hall–Kier alpha value is -3.23. The van der Waals surface area contributed by atoms with E-state index < -0.39 is 0 Å². The summed E-state index contributed by atoms with van der Waals surface area (Å²) in [4.78, 5) is 28.4. The first kappa shape index (κ1) is 22.0. The van der Waals surface area contributed by atoms with E-state index in [1.807, 2.05) is 20.9 Å². The average Bonchev–Trinajstić information content (AvgIpc) is 2.80. The molecule has 1 atom stereocenters. The first-order valence-corrected chi connectivity index (χ1v) is 10.6. The quantitative estimate of drug-likeness (QED) is 0.651. The number of nitrogens with zero attached hydrogens (tertiary/aromatic N) is 4. The highest BCUT2D eigenvalue weighted by Crippen LogP contribution is 2.36. The molecular formula is C24H26FN5O2. The molecule has 0 radical (unpaired) electrons. The lowest BCUT2D eigenvalue weighted by Gasteiger charge is -2.33. The Balaban J connectivity index is 1.77. The smallest absolute Gasteiger partial charge is 0.258 e. The SMILES string of the molecule is CC(C)c1ncc(C(=O)Nc2c(-c3ccccc3F)ccnc2C2COCCN2C)cn1. The van der Waals surface area contributed by atoms with Gasteiger partial charge in [0.15, 0.2) is 0 Å². The highest BCUT2D eigenvalue weighted by molar-refractivity contribution is 6.06. The predicted molar refractivity (Wildman–Crippen MR) is 120 cm³/mol. The number of morpholine rings is 1. The molecule has 1 fully saturated rings. The Bertz CT molecular complexity index is 1100. The summed E-state index contributed by atoms with van der Waals surface area (Å²) in [7, 11) is 1.98. The molecule has 0 aliphatic carbocycles. The summed E-state index contributed by atoms with van der Waals surface area (Å²) in [6.45, 7) is 5.76. The Morgan fingerprint density at radius 2 is 1.91 bits per heavy atom. The standard InChI is InChI=1S/C24H26FN5O2/c1-15(2)23-27-12-16(13-28-23)24(31)29-21-18(17-6-4-5-7-19(17)25)8-9-26-22(21)20-14-32-11-10-30(20)3/h4-9,12-13,15,20H,10-11,14H2,1-3H3,(H,29,31). The van der Waals surface area contributed by atoms with Gasteiger partial charge in [-0.2, -0.15) is 0 Å². The minimum Gasteiger partial charge on any atom is -0.378 e. The number of amides is 1. The molecule has 1 aliphatic rings. The minimum absolute atomic E-state index is 0.159. The molecule has 1 unspecified atom stereocenters. The Kier molecular flexibility index (Phi) is 6.53. The number of hydrogen-bond acceptors (Lipinski definition) is 6. The van der Waals surface area contributed by atoms with Gasteiger partial charge in [-0.25, -0.2) is 14.4 Å². The van der Waals surface area contributed by atoms with Crippen molar-refractivity contribution in [1.29, 1.82) is 0 Å². The fraction of sp³-hybridized carbons (Fsp3) is 0.333. The van der Waals surface area contributed by atoms with E-state index in [2.05, 4.69) is 25.2 Å². The fourth-order valence-electron chi connectivity index (χ4n) is 3.68. The molecule has 2 aromatic heterocycles. The van der Waals surface area contributed by atoms with Gasteiger partial charge in [0.05, 0.1) is 36.2 Å². The molecule has 1 amide bonds. The van der Waals surface area contributed by atoms with Gasteiger partial charge < -0.3 is 10.1 Å². The van der Waals surface area contributed by atoms with Crippen LogP contribution in [0.5, 0.6) is 0 Å². The number of ether oxygens (including phenoxy) is 1. The third kappa shape index (κ3) is 4.51. The maximum atomic E-state index is 14.7. The van der Waals surface area contributed by atoms with Crippen molar-refractivity contribution in [3.05, 3.63) is 71.8 Å². The Labute approximate surface area is 186 Å². The van der Waals surface area contributed by atoms with Gasteiger partial charge in [-0.05, 0) is 19.2 Å². The summed E-state index contributed by atoms with van der Waals surface area (Å²) in [6.07, 6.45) is 4.65. The maximum absolute atomic E-state index is 14.7. The first-order chi connectivity index (χ1) is 15.5. The third-order valence-electron chi connectivity index (χ3n) is 5.55. The Morgan fingerprint density at radius 1 is 1.16 bits per heavy atom. The number of rotatable bonds is 5. The number of benzene rings is 1. The molecule has 8 heteroatoms. The molecule has 1 aromatic carbocycles. The second-order valence-electron chi connectivity index (χ2n) is 8.11. The van der Waals surface area contributed by atoms with Crippen LogP contribution in [0.4, 0.5) is 10.1 Å². The molecule has 166 valence electrons. The van der Waals surface area contributed by atoms with Crippen LogP contribution in [-0.4, -0.2) is 52.6 Å². The summed E-state index contributed by atoms with van der Waals surface area (Å²) in [5.74, 6) is 0.0627. The highest BCUT2D eigenvalue weighted by atomic mass is 19.1. The van der Waals surface area contributed by atoms with Gasteiger partial charge in [-0.15, -0.1) is 0 Å². The molecular weight excluding hydrogens is 409 g/mol. The van der Waals surface area contributed by atoms with Gasteiger partial charge in [-0.3, -0.25) is 14.7 Å². The summed E-state index contributed by atoms with van der Waals surface area (Å²) in [5, 5.41) is 2.96. The van der Waals surface area contributed by atoms with Crippen LogP contribution in [0.1, 0.15) is 47.7 Å². The maximum Gasteiger partial charge on any atom is 0.258 e. The second-order valence-corrected chi connectivity index (χ2v) is 8.11. The van der Waals surface area contributed by atoms with E-state index >= 15 is 0 Å². The average molecular weight is 436 g/mol. The zero-order chi connectivity index (χ0) is 22.7. The number of anilines is 1. The number of hydrogen-bond donors (Lipinski definition) is 1. The molecule has 0 spiro atoms. The lowest BCUT2D eigenvalue weighted by atomic mass is 9.99. The zero-order valence-electron chi connectivity index (χ0n) is 18.4. The number of likely N-dealkylation sites (N-methyl/N-ethyl adjacent to an activating group) is 1. The van der Waals surface area contributed by atoms with Crippen LogP contribution < -0.4 is 5.32 Å². The van der Waals surface area contributed by atoms with Gasteiger partial charge >= 0.3 is 0 Å². The van der Waals surface area contributed by atoms with Crippen LogP contribution in [0.15, 0.2) is 48.9 Å². The fourth-order valence-corrected chi connectivity index (χ4v) is 3.68. The van der Waals surface area contributed by atoms with Crippen molar-refractivity contribution in [2.75, 3.05) is 32.1 Å². The molecule has 7 nitrogen and oxygen atoms in total. The minimum atomic E-state index is -0.383. The van der Waals surface area contributed by atoms with E-state index in [1.54, 1.807) is 30.5 Å². The van der Waals surface area contributed by atoms with Crippen molar-refractivity contribution in [3.8, 4) is 11.1 Å². The van der Waals surface area contributed by atoms with Crippen molar-refractivity contribution >= 4 is 11.6 Å². The van der Waals surface area contributed by atoms with E-state index in [-0.39, 0.29) is 23.7 Å². The van der Waals surface area contributed by atoms with E-state index in [9.17, 15) is 9.18 Å². The number of carbonyl (C=O) groups is 1. The van der Waals surface area contributed by atoms with Crippen LogP contribution in [0, 0.1) is 5.82 Å². The lowest BCUT2D eigenvalue weighted by molar-refractivity contribution is 0.00379. The van der Waals surface area contributed by atoms with E-state index in [4.69, 9.17) is 4.74 Å². The van der Waals surface area contributed by atoms with E-state index in [1.165, 1.54) is 18.5 Å². The third-order valence-corrected chi connectivity index (χ3v) is 5.55. The largest absolute Gasteiger partial charge is 0.378 e. The van der Waals surface area contributed by atoms with Crippen molar-refractivity contribution in [1.82, 2.24) is 19.9 Å². The molecule has 32 heavy (non-hydrogen) atoms. The summed E-state index contributed by atoms with van der Waals surface area (Å²) >= 11 is 0. The van der Waals surface area contributed by atoms with Crippen LogP contribution in [0.2, 0.25) is 0 Å². The Morgan fingerprint density at radius 3 is 2.59 bits per heavy atom. The summed E-state index contributed by atoms with van der Waals surface area (Å²) in [5.41, 5.74) is 2.34. The highest BCUT2D eigenvalue weighted by Gasteiger charge is 2.28. The van der Waals surface area contributed by atoms with Crippen LogP contribution in [0.3, 0.4) is 0 Å². The zero-order valence-corrected chi connectivity index (χ0v) is 18.4. The number of carbonyl (C=O) groups excluding carboxylic acids is 1. The van der Waals surface area contributed by atoms with Crippen LogP contribution >= 0.6 is 0 Å². The lowest BCUT2D eigenvalue weighted by Crippen LogP contribution is -2.37. The number of pyridine rings is 1. The van der Waals surface area contributed by atoms with Crippen LogP contribution in [0.25, 0.3) is 11.1 Å². The second kappa shape index (κ2) is 9.50. The van der Waals surface area contributed by atoms with Crippen molar-refractivity contribution < 1.29 is 13.9 Å². The van der Waals surface area contributed by atoms with Gasteiger partial charge in [-0.1, -0.05) is 32.0 Å². The van der Waals surface area contributed by atoms with Gasteiger partial charge in [0.2, 0.25) is 0 Å². The van der Waals surface area contributed by atoms with E-state index in [0.717, 1.165) is 6.54 Å². The first-order valence-electron chi connectivity index (χ1n) is 10.6. The van der Waals surface area contributed by atoms with Crippen molar-refractivity contribution in [2.45, 2.75) is 25.8 Å². The van der Waals surface area contributed by atoms with Crippen LogP contribution in [-0.2, 0) is 4.74 Å². The number of nitrogens with one attached hydrogen (secondary N) is 1. The van der Waals surface area contributed by atoms with Gasteiger partial charge in [0.1, 0.15) is 11.6 Å². The number of halogens is 1. The molecule has 0 saturated carbocycles. The van der Waals surface area contributed by atoms with Crippen molar-refractivity contribution in [2.24, 2.45) is 0 Å². The molecule has 3 aromatic rings. The normalized spacial score (nSPS) is 16.8. The summed E-state index contributed by atoms with van der Waals surface area (Å²) in [6, 6.07) is 8.01. The molecule has 3 heterocycles. The van der Waals surface area contributed by atoms with E-state index in [0.29, 0.717) is 47.1 Å². The molecule has 4 rings (SSSR count). The summed E-state index contributed by atoms with van der Waals surface area (Å²) < 4.78 is 20.4. The molecule has 1 aliphatic heterocycles. The van der Waals surface area contributed by atoms with Gasteiger partial charge in [0, 0.05) is 42.2 Å². The predicted octanol–water partition coefficient (Wildman–Crippen LogP) is 4.06. The monoisotopic (exact) mass is 435 g/mol. The molecule has 1 saturated heterocycles. The number of aromatic nitrogens is 3. The molecule has 0 bridgehead atoms. The van der Waals surface area contributed by atoms with Crippen molar-refractivity contribution in [3.63, 3.8) is 0 Å².